The second-order valence-corrected chi connectivity index (χ2v) is 6.40. The van der Waals surface area contributed by atoms with Crippen molar-refractivity contribution in [2.45, 2.75) is 31.7 Å². The van der Waals surface area contributed by atoms with E-state index in [0.717, 1.165) is 46.7 Å². The zero-order chi connectivity index (χ0) is 13.9. The summed E-state index contributed by atoms with van der Waals surface area (Å²) in [7, 11) is 0. The van der Waals surface area contributed by atoms with E-state index >= 15 is 0 Å². The molecule has 105 valence electrons. The number of aliphatic hydroxyl groups excluding tert-OH is 1. The number of aliphatic hydroxyl groups is 1. The first kappa shape index (κ1) is 13.8. The number of hydrogen-bond donors (Lipinski definition) is 2. The van der Waals surface area contributed by atoms with Gasteiger partial charge in [0.25, 0.3) is 0 Å². The van der Waals surface area contributed by atoms with Gasteiger partial charge in [0.15, 0.2) is 0 Å². The van der Waals surface area contributed by atoms with E-state index in [4.69, 9.17) is 0 Å². The van der Waals surface area contributed by atoms with Crippen LogP contribution in [0.4, 0.5) is 5.69 Å². The van der Waals surface area contributed by atoms with Crippen LogP contribution in [0.3, 0.4) is 0 Å². The first-order valence-electron chi connectivity index (χ1n) is 7.09. The minimum Gasteiger partial charge on any atom is -0.396 e. The highest BCUT2D eigenvalue weighted by Crippen LogP contribution is 2.29. The summed E-state index contributed by atoms with van der Waals surface area (Å²) in [6, 6.07) is 9.79. The Kier molecular flexibility index (Phi) is 4.22. The maximum atomic E-state index is 9.20. The summed E-state index contributed by atoms with van der Waals surface area (Å²) in [5.41, 5.74) is 2.02. The third-order valence-corrected chi connectivity index (χ3v) is 4.59. The lowest BCUT2D eigenvalue weighted by atomic mass is 9.86. The number of hydrogen-bond acceptors (Lipinski definition) is 3. The Morgan fingerprint density at radius 1 is 1.30 bits per heavy atom. The summed E-state index contributed by atoms with van der Waals surface area (Å²) in [5, 5.41) is 13.9. The summed E-state index contributed by atoms with van der Waals surface area (Å²) in [6.45, 7) is 0.323. The van der Waals surface area contributed by atoms with Crippen molar-refractivity contribution in [2.75, 3.05) is 11.9 Å². The smallest absolute Gasteiger partial charge is 0.0724 e. The summed E-state index contributed by atoms with van der Waals surface area (Å²) < 4.78 is 1.05. The fraction of sp³-hybridized carbons (Fsp3) is 0.438. The van der Waals surface area contributed by atoms with Crippen molar-refractivity contribution in [2.24, 2.45) is 5.92 Å². The third kappa shape index (κ3) is 2.96. The van der Waals surface area contributed by atoms with Crippen LogP contribution in [-0.2, 0) is 0 Å². The van der Waals surface area contributed by atoms with Gasteiger partial charge in [-0.3, -0.25) is 4.98 Å². The van der Waals surface area contributed by atoms with Crippen molar-refractivity contribution in [1.82, 2.24) is 4.98 Å². The molecule has 2 aromatic rings. The van der Waals surface area contributed by atoms with E-state index in [9.17, 15) is 5.11 Å². The Hall–Kier alpha value is -1.13. The molecule has 0 saturated heterocycles. The Morgan fingerprint density at radius 3 is 2.85 bits per heavy atom. The number of fused-ring (bicyclic) bond motifs is 1. The minimum absolute atomic E-state index is 0.323. The summed E-state index contributed by atoms with van der Waals surface area (Å²) in [4.78, 5) is 4.35. The number of pyridine rings is 1. The van der Waals surface area contributed by atoms with Gasteiger partial charge in [-0.25, -0.2) is 0 Å². The highest BCUT2D eigenvalue weighted by molar-refractivity contribution is 9.10. The molecule has 1 aromatic carbocycles. The van der Waals surface area contributed by atoms with Crippen molar-refractivity contribution in [3.8, 4) is 0 Å². The van der Waals surface area contributed by atoms with Crippen molar-refractivity contribution in [3.05, 3.63) is 34.9 Å². The molecule has 1 heterocycles. The molecular weight excluding hydrogens is 316 g/mol. The lowest BCUT2D eigenvalue weighted by molar-refractivity contribution is 0.186. The van der Waals surface area contributed by atoms with Crippen molar-refractivity contribution >= 4 is 32.5 Å². The number of anilines is 1. The molecule has 0 aliphatic heterocycles. The van der Waals surface area contributed by atoms with Crippen LogP contribution in [0.15, 0.2) is 28.9 Å². The quantitative estimate of drug-likeness (QED) is 0.898. The molecule has 1 saturated carbocycles. The topological polar surface area (TPSA) is 45.1 Å². The molecular formula is C16H18BrN2O. The highest BCUT2D eigenvalue weighted by Gasteiger charge is 2.20. The molecule has 1 radical (unpaired) electrons. The molecule has 0 spiro atoms. The molecule has 2 N–H and O–H groups in total. The van der Waals surface area contributed by atoms with Gasteiger partial charge in [-0.15, -0.1) is 0 Å². The van der Waals surface area contributed by atoms with E-state index in [-0.39, 0.29) is 0 Å². The van der Waals surface area contributed by atoms with Crippen LogP contribution in [0.5, 0.6) is 0 Å². The van der Waals surface area contributed by atoms with Crippen LogP contribution in [0, 0.1) is 12.0 Å². The number of benzene rings is 1. The first-order valence-corrected chi connectivity index (χ1v) is 7.89. The number of nitrogens with one attached hydrogen (secondary N) is 1. The average molecular weight is 334 g/mol. The van der Waals surface area contributed by atoms with Crippen LogP contribution in [0.2, 0.25) is 0 Å². The van der Waals surface area contributed by atoms with Gasteiger partial charge in [0, 0.05) is 34.8 Å². The van der Waals surface area contributed by atoms with E-state index < -0.39 is 0 Å². The number of halogens is 1. The molecule has 0 unspecified atom stereocenters. The van der Waals surface area contributed by atoms with E-state index in [1.165, 1.54) is 0 Å². The molecule has 0 amide bonds. The Balaban J connectivity index is 1.79. The van der Waals surface area contributed by atoms with Crippen molar-refractivity contribution in [3.63, 3.8) is 0 Å². The van der Waals surface area contributed by atoms with E-state index in [1.807, 2.05) is 12.1 Å². The second kappa shape index (κ2) is 6.10. The molecule has 1 aromatic heterocycles. The second-order valence-electron chi connectivity index (χ2n) is 5.48. The summed E-state index contributed by atoms with van der Waals surface area (Å²) in [5.74, 6) is 0.486. The van der Waals surface area contributed by atoms with Crippen LogP contribution < -0.4 is 5.32 Å². The van der Waals surface area contributed by atoms with Crippen LogP contribution in [-0.4, -0.2) is 22.7 Å². The maximum Gasteiger partial charge on any atom is 0.0724 e. The highest BCUT2D eigenvalue weighted by atomic mass is 79.9. The lowest BCUT2D eigenvalue weighted by Crippen LogP contribution is -2.27. The molecule has 1 aliphatic carbocycles. The summed E-state index contributed by atoms with van der Waals surface area (Å²) in [6.07, 6.45) is 6.15. The van der Waals surface area contributed by atoms with Crippen LogP contribution >= 0.6 is 15.9 Å². The lowest BCUT2D eigenvalue weighted by Gasteiger charge is -2.29. The molecule has 4 heteroatoms. The van der Waals surface area contributed by atoms with Crippen LogP contribution in [0.1, 0.15) is 25.7 Å². The van der Waals surface area contributed by atoms with E-state index in [2.05, 4.69) is 38.4 Å². The molecule has 1 fully saturated rings. The van der Waals surface area contributed by atoms with Crippen LogP contribution in [0.25, 0.3) is 10.9 Å². The SMILES string of the molecule is OCC1CCC(Nc2[c]cnc3ccc(Br)cc23)CC1. The van der Waals surface area contributed by atoms with Gasteiger partial charge < -0.3 is 10.4 Å². The third-order valence-electron chi connectivity index (χ3n) is 4.09. The molecule has 3 nitrogen and oxygen atoms in total. The molecule has 0 bridgehead atoms. The maximum absolute atomic E-state index is 9.20. The first-order chi connectivity index (χ1) is 9.76. The summed E-state index contributed by atoms with van der Waals surface area (Å²) >= 11 is 3.51. The Bertz CT molecular complexity index is 594. The van der Waals surface area contributed by atoms with Gasteiger partial charge in [-0.05, 0) is 49.8 Å². The fourth-order valence-electron chi connectivity index (χ4n) is 2.88. The van der Waals surface area contributed by atoms with Gasteiger partial charge in [0.1, 0.15) is 0 Å². The normalized spacial score (nSPS) is 22.9. The molecule has 1 aliphatic rings. The van der Waals surface area contributed by atoms with Gasteiger partial charge in [0.2, 0.25) is 0 Å². The van der Waals surface area contributed by atoms with Gasteiger partial charge >= 0.3 is 0 Å². The standard InChI is InChI=1S/C16H18BrN2O/c17-12-3-6-15-14(9-12)16(7-8-18-15)19-13-4-1-11(10-20)2-5-13/h3,6,8-9,11,13,20H,1-2,4-5,10H2,(H,18,19). The largest absolute Gasteiger partial charge is 0.396 e. The minimum atomic E-state index is 0.323. The predicted octanol–water partition coefficient (Wildman–Crippen LogP) is 3.76. The Morgan fingerprint density at radius 2 is 2.10 bits per heavy atom. The van der Waals surface area contributed by atoms with Gasteiger partial charge in [-0.1, -0.05) is 15.9 Å². The van der Waals surface area contributed by atoms with E-state index in [1.54, 1.807) is 6.20 Å². The number of aromatic nitrogens is 1. The van der Waals surface area contributed by atoms with Crippen molar-refractivity contribution in [1.29, 1.82) is 0 Å². The zero-order valence-corrected chi connectivity index (χ0v) is 12.9. The van der Waals surface area contributed by atoms with Gasteiger partial charge in [-0.2, -0.15) is 0 Å². The van der Waals surface area contributed by atoms with E-state index in [0.29, 0.717) is 18.6 Å². The van der Waals surface area contributed by atoms with Crippen molar-refractivity contribution < 1.29 is 5.11 Å². The average Bonchev–Trinajstić information content (AvgIpc) is 2.49. The fourth-order valence-corrected chi connectivity index (χ4v) is 3.24. The number of nitrogens with zero attached hydrogens (tertiary/aromatic N) is 1. The Labute approximate surface area is 127 Å². The number of rotatable bonds is 3. The monoisotopic (exact) mass is 333 g/mol. The predicted molar refractivity (Wildman–Crippen MR) is 84.7 cm³/mol. The molecule has 20 heavy (non-hydrogen) atoms. The van der Waals surface area contributed by atoms with Gasteiger partial charge in [0.05, 0.1) is 11.2 Å². The molecule has 0 atom stereocenters. The molecule has 3 rings (SSSR count). The zero-order valence-electron chi connectivity index (χ0n) is 11.3.